The lowest BCUT2D eigenvalue weighted by Gasteiger charge is -2.08. The minimum absolute atomic E-state index is 0.235. The largest absolute Gasteiger partial charge is 0.497 e. The lowest BCUT2D eigenvalue weighted by molar-refractivity contribution is 0.0935. The first kappa shape index (κ1) is 14.5. The van der Waals surface area contributed by atoms with E-state index in [-0.39, 0.29) is 5.56 Å². The molecule has 0 heterocycles. The Morgan fingerprint density at radius 3 is 2.40 bits per heavy atom. The zero-order chi connectivity index (χ0) is 14.5. The van der Waals surface area contributed by atoms with Crippen LogP contribution in [0, 0.1) is 5.82 Å². The monoisotopic (exact) mass is 294 g/mol. The van der Waals surface area contributed by atoms with E-state index in [1.165, 1.54) is 25.3 Å². The molecule has 0 spiro atoms. The van der Waals surface area contributed by atoms with Crippen molar-refractivity contribution in [2.45, 2.75) is 10.4 Å². The number of carbonyl (C=O) groups excluding carboxylic acids is 1. The summed E-state index contributed by atoms with van der Waals surface area (Å²) >= 11 is 0.736. The Hall–Kier alpha value is -1.88. The van der Waals surface area contributed by atoms with Gasteiger partial charge >= 0.3 is 0 Å². The first-order valence-corrected chi connectivity index (χ1v) is 6.73. The lowest BCUT2D eigenvalue weighted by Crippen LogP contribution is -2.13. The standard InChI is InChI=1S/C15H12F2O2S/c1-19-10-6-8-11(9-7-10)20-15(17)14(18)12-4-2-3-5-13(12)16/h2-9,15H,1H3. The third-order valence-corrected chi connectivity index (χ3v) is 3.61. The van der Waals surface area contributed by atoms with E-state index in [0.29, 0.717) is 10.6 Å². The van der Waals surface area contributed by atoms with Crippen LogP contribution in [-0.2, 0) is 0 Å². The summed E-state index contributed by atoms with van der Waals surface area (Å²) in [6.07, 6.45) is 0. The number of ether oxygens (including phenoxy) is 1. The van der Waals surface area contributed by atoms with Gasteiger partial charge < -0.3 is 4.74 Å². The second-order valence-electron chi connectivity index (χ2n) is 3.95. The molecular formula is C15H12F2O2S. The minimum atomic E-state index is -1.85. The van der Waals surface area contributed by atoms with Crippen LogP contribution in [0.15, 0.2) is 53.4 Å². The van der Waals surface area contributed by atoms with Gasteiger partial charge in [-0.2, -0.15) is 0 Å². The van der Waals surface area contributed by atoms with Gasteiger partial charge in [0.25, 0.3) is 0 Å². The number of carbonyl (C=O) groups is 1. The van der Waals surface area contributed by atoms with Crippen molar-refractivity contribution >= 4 is 17.5 Å². The van der Waals surface area contributed by atoms with E-state index in [4.69, 9.17) is 4.74 Å². The number of ketones is 1. The van der Waals surface area contributed by atoms with Crippen molar-refractivity contribution in [3.63, 3.8) is 0 Å². The third kappa shape index (κ3) is 3.36. The van der Waals surface area contributed by atoms with Crippen LogP contribution < -0.4 is 4.74 Å². The predicted octanol–water partition coefficient (Wildman–Crippen LogP) is 4.10. The summed E-state index contributed by atoms with van der Waals surface area (Å²) in [5, 5.41) is 0. The molecule has 1 unspecified atom stereocenters. The van der Waals surface area contributed by atoms with Gasteiger partial charge in [-0.3, -0.25) is 4.79 Å². The number of hydrogen-bond donors (Lipinski definition) is 0. The fourth-order valence-electron chi connectivity index (χ4n) is 1.61. The second kappa shape index (κ2) is 6.52. The zero-order valence-electron chi connectivity index (χ0n) is 10.7. The number of thioether (sulfide) groups is 1. The number of halogens is 2. The van der Waals surface area contributed by atoms with Gasteiger partial charge in [-0.05, 0) is 36.4 Å². The second-order valence-corrected chi connectivity index (χ2v) is 5.07. The summed E-state index contributed by atoms with van der Waals surface area (Å²) < 4.78 is 32.4. The maximum atomic E-state index is 13.9. The fraction of sp³-hybridized carbons (Fsp3) is 0.133. The Balaban J connectivity index is 2.09. The SMILES string of the molecule is COc1ccc(SC(F)C(=O)c2ccccc2F)cc1. The minimum Gasteiger partial charge on any atom is -0.497 e. The van der Waals surface area contributed by atoms with E-state index in [2.05, 4.69) is 0 Å². The summed E-state index contributed by atoms with van der Waals surface area (Å²) in [6, 6.07) is 12.0. The molecular weight excluding hydrogens is 282 g/mol. The molecule has 0 aliphatic rings. The van der Waals surface area contributed by atoms with Crippen LogP contribution in [0.1, 0.15) is 10.4 Å². The molecule has 0 aromatic heterocycles. The van der Waals surface area contributed by atoms with Crippen molar-refractivity contribution in [3.8, 4) is 5.75 Å². The number of Topliss-reactive ketones (excluding diaryl/α,β-unsaturated/α-hetero) is 1. The van der Waals surface area contributed by atoms with E-state index in [1.807, 2.05) is 0 Å². The Morgan fingerprint density at radius 2 is 1.80 bits per heavy atom. The molecule has 0 N–H and O–H groups in total. The van der Waals surface area contributed by atoms with Gasteiger partial charge in [0.2, 0.25) is 11.3 Å². The van der Waals surface area contributed by atoms with Crippen LogP contribution in [0.25, 0.3) is 0 Å². The highest BCUT2D eigenvalue weighted by Crippen LogP contribution is 2.28. The Morgan fingerprint density at radius 1 is 1.15 bits per heavy atom. The maximum absolute atomic E-state index is 13.9. The van der Waals surface area contributed by atoms with E-state index >= 15 is 0 Å². The van der Waals surface area contributed by atoms with Crippen molar-refractivity contribution in [2.24, 2.45) is 0 Å². The summed E-state index contributed by atoms with van der Waals surface area (Å²) in [5.41, 5.74) is -2.08. The quantitative estimate of drug-likeness (QED) is 0.613. The normalized spacial score (nSPS) is 11.9. The third-order valence-electron chi connectivity index (χ3n) is 2.64. The molecule has 5 heteroatoms. The molecule has 0 saturated heterocycles. The Bertz CT molecular complexity index is 599. The van der Waals surface area contributed by atoms with Gasteiger partial charge in [-0.1, -0.05) is 23.9 Å². The Kier molecular flexibility index (Phi) is 4.74. The summed E-state index contributed by atoms with van der Waals surface area (Å²) in [6.45, 7) is 0. The van der Waals surface area contributed by atoms with Crippen LogP contribution in [-0.4, -0.2) is 18.4 Å². The predicted molar refractivity (Wildman–Crippen MR) is 74.5 cm³/mol. The molecule has 0 bridgehead atoms. The van der Waals surface area contributed by atoms with Crippen molar-refractivity contribution in [3.05, 3.63) is 59.9 Å². The first-order chi connectivity index (χ1) is 9.61. The zero-order valence-corrected chi connectivity index (χ0v) is 11.5. The van der Waals surface area contributed by atoms with Gasteiger partial charge in [0.15, 0.2) is 0 Å². The molecule has 0 amide bonds. The summed E-state index contributed by atoms with van der Waals surface area (Å²) in [7, 11) is 1.53. The molecule has 0 aliphatic carbocycles. The van der Waals surface area contributed by atoms with E-state index in [0.717, 1.165) is 17.8 Å². The molecule has 1 atom stereocenters. The molecule has 0 saturated carbocycles. The van der Waals surface area contributed by atoms with E-state index in [1.54, 1.807) is 24.3 Å². The van der Waals surface area contributed by atoms with Gasteiger partial charge in [-0.15, -0.1) is 0 Å². The molecule has 20 heavy (non-hydrogen) atoms. The smallest absolute Gasteiger partial charge is 0.213 e. The van der Waals surface area contributed by atoms with E-state index in [9.17, 15) is 13.6 Å². The summed E-state index contributed by atoms with van der Waals surface area (Å²) in [5.74, 6) is -0.940. The molecule has 2 aromatic rings. The molecule has 0 fully saturated rings. The number of alkyl halides is 1. The van der Waals surface area contributed by atoms with Crippen LogP contribution in [0.3, 0.4) is 0 Å². The van der Waals surface area contributed by atoms with Crippen molar-refractivity contribution in [1.29, 1.82) is 0 Å². The van der Waals surface area contributed by atoms with Gasteiger partial charge in [-0.25, -0.2) is 8.78 Å². The van der Waals surface area contributed by atoms with Crippen molar-refractivity contribution in [2.75, 3.05) is 7.11 Å². The highest BCUT2D eigenvalue weighted by Gasteiger charge is 2.23. The molecule has 104 valence electrons. The topological polar surface area (TPSA) is 26.3 Å². The maximum Gasteiger partial charge on any atom is 0.213 e. The fourth-order valence-corrected chi connectivity index (χ4v) is 2.38. The van der Waals surface area contributed by atoms with Gasteiger partial charge in [0.05, 0.1) is 12.7 Å². The summed E-state index contributed by atoms with van der Waals surface area (Å²) in [4.78, 5) is 12.4. The van der Waals surface area contributed by atoms with Crippen LogP contribution >= 0.6 is 11.8 Å². The number of rotatable bonds is 5. The number of benzene rings is 2. The molecule has 2 rings (SSSR count). The van der Waals surface area contributed by atoms with Gasteiger partial charge in [0, 0.05) is 4.90 Å². The molecule has 0 radical (unpaired) electrons. The highest BCUT2D eigenvalue weighted by atomic mass is 32.2. The average molecular weight is 294 g/mol. The lowest BCUT2D eigenvalue weighted by atomic mass is 10.1. The van der Waals surface area contributed by atoms with Gasteiger partial charge in [0.1, 0.15) is 11.6 Å². The molecule has 2 aromatic carbocycles. The van der Waals surface area contributed by atoms with Crippen LogP contribution in [0.5, 0.6) is 5.75 Å². The highest BCUT2D eigenvalue weighted by molar-refractivity contribution is 8.00. The van der Waals surface area contributed by atoms with Crippen LogP contribution in [0.2, 0.25) is 0 Å². The van der Waals surface area contributed by atoms with Crippen molar-refractivity contribution < 1.29 is 18.3 Å². The number of hydrogen-bond acceptors (Lipinski definition) is 3. The average Bonchev–Trinajstić information content (AvgIpc) is 2.48. The molecule has 2 nitrogen and oxygen atoms in total. The van der Waals surface area contributed by atoms with Crippen LogP contribution in [0.4, 0.5) is 8.78 Å². The Labute approximate surface area is 119 Å². The first-order valence-electron chi connectivity index (χ1n) is 5.85. The number of methoxy groups -OCH3 is 1. The van der Waals surface area contributed by atoms with E-state index < -0.39 is 17.1 Å². The molecule has 0 aliphatic heterocycles. The van der Waals surface area contributed by atoms with Crippen molar-refractivity contribution in [1.82, 2.24) is 0 Å².